The number of amides is 1. The number of guanidine groups is 1. The van der Waals surface area contributed by atoms with Crippen LogP contribution >= 0.6 is 24.0 Å². The Morgan fingerprint density at radius 1 is 1.24 bits per heavy atom. The smallest absolute Gasteiger partial charge is 0.227 e. The number of nitrogens with zero attached hydrogens (tertiary/aromatic N) is 2. The Bertz CT molecular complexity index is 820. The van der Waals surface area contributed by atoms with E-state index >= 15 is 0 Å². The topological polar surface area (TPSA) is 112 Å². The number of pyridine rings is 1. The monoisotopic (exact) mass is 515 g/mol. The Morgan fingerprint density at radius 3 is 2.62 bits per heavy atom. The maximum Gasteiger partial charge on any atom is 0.227 e. The average molecular weight is 515 g/mol. The van der Waals surface area contributed by atoms with E-state index in [1.807, 2.05) is 32.9 Å². The number of hydrogen-bond acceptors (Lipinski definition) is 5. The molecule has 9 heteroatoms. The van der Waals surface area contributed by atoms with Crippen LogP contribution in [0.4, 0.5) is 5.82 Å². The van der Waals surface area contributed by atoms with Crippen molar-refractivity contribution in [2.45, 2.75) is 39.7 Å². The molecule has 8 nitrogen and oxygen atoms in total. The molecule has 160 valence electrons. The van der Waals surface area contributed by atoms with E-state index in [1.165, 1.54) is 0 Å². The lowest BCUT2D eigenvalue weighted by Gasteiger charge is -2.19. The van der Waals surface area contributed by atoms with E-state index in [0.29, 0.717) is 30.6 Å². The fourth-order valence-electron chi connectivity index (χ4n) is 2.49. The Kier molecular flexibility index (Phi) is 10.1. The maximum absolute atomic E-state index is 12.1. The van der Waals surface area contributed by atoms with Crippen molar-refractivity contribution in [1.82, 2.24) is 15.6 Å². The zero-order valence-corrected chi connectivity index (χ0v) is 19.6. The van der Waals surface area contributed by atoms with Crippen molar-refractivity contribution in [3.05, 3.63) is 47.5 Å². The van der Waals surface area contributed by atoms with Crippen molar-refractivity contribution in [2.24, 2.45) is 4.99 Å². The number of halogens is 1. The van der Waals surface area contributed by atoms with Gasteiger partial charge in [-0.2, -0.15) is 0 Å². The highest BCUT2D eigenvalue weighted by atomic mass is 127. The molecule has 1 atom stereocenters. The summed E-state index contributed by atoms with van der Waals surface area (Å²) in [6, 6.07) is 9.02. The molecule has 4 N–H and O–H groups in total. The fraction of sp³-hybridized carbons (Fsp3) is 0.450. The van der Waals surface area contributed by atoms with E-state index in [1.54, 1.807) is 25.1 Å². The van der Waals surface area contributed by atoms with Crippen molar-refractivity contribution in [3.63, 3.8) is 0 Å². The van der Waals surface area contributed by atoms with Gasteiger partial charge in [0, 0.05) is 25.2 Å². The molecule has 0 saturated heterocycles. The standard InChI is InChI=1S/C20H29N5O3.HI/c1-5-21-19(23-13-20(4,27)16-10-9-15(3)28-16)22-12-11-18(26)25-17-8-6-7-14(2)24-17;/h6-10,27H,5,11-13H2,1-4H3,(H2,21,22,23)(H,24,25,26);1H. The maximum atomic E-state index is 12.1. The second-order valence-electron chi connectivity index (χ2n) is 6.77. The lowest BCUT2D eigenvalue weighted by molar-refractivity contribution is -0.116. The number of aromatic nitrogens is 1. The normalized spacial score (nSPS) is 13.2. The molecule has 0 fully saturated rings. The number of rotatable bonds is 8. The van der Waals surface area contributed by atoms with Gasteiger partial charge in [-0.15, -0.1) is 24.0 Å². The minimum Gasteiger partial charge on any atom is -0.463 e. The largest absolute Gasteiger partial charge is 0.463 e. The molecular formula is C20H30IN5O3. The summed E-state index contributed by atoms with van der Waals surface area (Å²) in [4.78, 5) is 20.7. The van der Waals surface area contributed by atoms with Crippen molar-refractivity contribution >= 4 is 41.7 Å². The second-order valence-corrected chi connectivity index (χ2v) is 6.77. The first-order valence-corrected chi connectivity index (χ1v) is 9.35. The van der Waals surface area contributed by atoms with E-state index in [0.717, 1.165) is 11.5 Å². The Hall–Kier alpha value is -2.14. The summed E-state index contributed by atoms with van der Waals surface area (Å²) in [6.45, 7) is 8.47. The number of aliphatic imine (C=N–C) groups is 1. The van der Waals surface area contributed by atoms with E-state index in [4.69, 9.17) is 4.42 Å². The molecule has 2 heterocycles. The first-order chi connectivity index (χ1) is 13.3. The third-order valence-corrected chi connectivity index (χ3v) is 3.96. The molecular weight excluding hydrogens is 485 g/mol. The van der Waals surface area contributed by atoms with E-state index < -0.39 is 5.60 Å². The van der Waals surface area contributed by atoms with Gasteiger partial charge in [-0.05, 0) is 52.0 Å². The molecule has 0 bridgehead atoms. The molecule has 0 saturated carbocycles. The molecule has 0 aromatic carbocycles. The molecule has 0 spiro atoms. The number of anilines is 1. The van der Waals surface area contributed by atoms with E-state index in [2.05, 4.69) is 25.9 Å². The Labute approximate surface area is 188 Å². The zero-order chi connectivity index (χ0) is 20.6. The number of hydrogen-bond donors (Lipinski definition) is 4. The summed E-state index contributed by atoms with van der Waals surface area (Å²) < 4.78 is 5.50. The number of nitrogens with one attached hydrogen (secondary N) is 3. The molecule has 2 rings (SSSR count). The summed E-state index contributed by atoms with van der Waals surface area (Å²) in [5.41, 5.74) is -0.374. The fourth-order valence-corrected chi connectivity index (χ4v) is 2.49. The molecule has 0 aliphatic carbocycles. The van der Waals surface area contributed by atoms with Gasteiger partial charge in [0.2, 0.25) is 5.91 Å². The molecule has 29 heavy (non-hydrogen) atoms. The van der Waals surface area contributed by atoms with E-state index in [-0.39, 0.29) is 42.8 Å². The van der Waals surface area contributed by atoms with Crippen LogP contribution in [0.5, 0.6) is 0 Å². The van der Waals surface area contributed by atoms with Gasteiger partial charge < -0.3 is 25.5 Å². The van der Waals surface area contributed by atoms with Crippen molar-refractivity contribution in [3.8, 4) is 0 Å². The highest BCUT2D eigenvalue weighted by Crippen LogP contribution is 2.23. The van der Waals surface area contributed by atoms with Crippen molar-refractivity contribution in [2.75, 3.05) is 25.0 Å². The summed E-state index contributed by atoms with van der Waals surface area (Å²) in [7, 11) is 0. The summed E-state index contributed by atoms with van der Waals surface area (Å²) >= 11 is 0. The van der Waals surface area contributed by atoms with Crippen LogP contribution in [0, 0.1) is 13.8 Å². The van der Waals surface area contributed by atoms with Crippen LogP contribution in [-0.4, -0.2) is 41.6 Å². The van der Waals surface area contributed by atoms with Gasteiger partial charge in [0.15, 0.2) is 5.96 Å². The summed E-state index contributed by atoms with van der Waals surface area (Å²) in [5.74, 6) is 2.12. The number of furan rings is 1. The first kappa shape index (κ1) is 24.9. The first-order valence-electron chi connectivity index (χ1n) is 9.35. The van der Waals surface area contributed by atoms with Crippen molar-refractivity contribution in [1.29, 1.82) is 0 Å². The SMILES string of the molecule is CCNC(=NCC(C)(O)c1ccc(C)o1)NCCC(=O)Nc1cccc(C)n1.I. The van der Waals surface area contributed by atoms with Gasteiger partial charge in [-0.1, -0.05) is 6.07 Å². The van der Waals surface area contributed by atoms with E-state index in [9.17, 15) is 9.90 Å². The van der Waals surface area contributed by atoms with Gasteiger partial charge in [-0.3, -0.25) is 4.79 Å². The quantitative estimate of drug-likeness (QED) is 0.245. The van der Waals surface area contributed by atoms with Crippen LogP contribution in [0.2, 0.25) is 0 Å². The highest BCUT2D eigenvalue weighted by molar-refractivity contribution is 14.0. The summed E-state index contributed by atoms with van der Waals surface area (Å²) in [5, 5.41) is 19.5. The zero-order valence-electron chi connectivity index (χ0n) is 17.3. The lowest BCUT2D eigenvalue weighted by atomic mass is 10.0. The van der Waals surface area contributed by atoms with Gasteiger partial charge >= 0.3 is 0 Å². The average Bonchev–Trinajstić information content (AvgIpc) is 3.07. The van der Waals surface area contributed by atoms with Crippen LogP contribution in [0.1, 0.15) is 37.5 Å². The van der Waals surface area contributed by atoms with Crippen molar-refractivity contribution < 1.29 is 14.3 Å². The number of aryl methyl sites for hydroxylation is 2. The molecule has 0 aliphatic heterocycles. The number of aliphatic hydroxyl groups is 1. The minimum absolute atomic E-state index is 0. The van der Waals surface area contributed by atoms with Gasteiger partial charge in [-0.25, -0.2) is 9.98 Å². The molecule has 2 aromatic rings. The highest BCUT2D eigenvalue weighted by Gasteiger charge is 2.26. The number of carbonyl (C=O) groups is 1. The Morgan fingerprint density at radius 2 is 2.00 bits per heavy atom. The molecule has 0 aliphatic rings. The lowest BCUT2D eigenvalue weighted by Crippen LogP contribution is -2.40. The van der Waals surface area contributed by atoms with Crippen LogP contribution < -0.4 is 16.0 Å². The van der Waals surface area contributed by atoms with Crippen LogP contribution in [-0.2, 0) is 10.4 Å². The molecule has 0 radical (unpaired) electrons. The predicted molar refractivity (Wildman–Crippen MR) is 125 cm³/mol. The third-order valence-electron chi connectivity index (χ3n) is 3.96. The predicted octanol–water partition coefficient (Wildman–Crippen LogP) is 2.70. The van der Waals surface area contributed by atoms with Gasteiger partial charge in [0.25, 0.3) is 0 Å². The van der Waals surface area contributed by atoms with Crippen LogP contribution in [0.25, 0.3) is 0 Å². The summed E-state index contributed by atoms with van der Waals surface area (Å²) in [6.07, 6.45) is 0.258. The van der Waals surface area contributed by atoms with Gasteiger partial charge in [0.05, 0.1) is 6.54 Å². The van der Waals surface area contributed by atoms with Gasteiger partial charge in [0.1, 0.15) is 22.9 Å². The number of carbonyl (C=O) groups excluding carboxylic acids is 1. The minimum atomic E-state index is -1.22. The molecule has 1 amide bonds. The van der Waals surface area contributed by atoms with Crippen LogP contribution in [0.15, 0.2) is 39.7 Å². The van der Waals surface area contributed by atoms with Crippen LogP contribution in [0.3, 0.4) is 0 Å². The molecule has 1 unspecified atom stereocenters. The second kappa shape index (κ2) is 11.8. The third kappa shape index (κ3) is 8.40. The Balaban J connectivity index is 0.00000420. The molecule has 2 aromatic heterocycles.